The minimum Gasteiger partial charge on any atom is -0.481 e. The first-order valence-electron chi connectivity index (χ1n) is 6.48. The van der Waals surface area contributed by atoms with Gasteiger partial charge in [0, 0.05) is 13.6 Å². The average molecular weight is 281 g/mol. The van der Waals surface area contributed by atoms with Crippen LogP contribution in [0.25, 0.3) is 0 Å². The molecule has 1 aromatic heterocycles. The van der Waals surface area contributed by atoms with Gasteiger partial charge in [0.05, 0.1) is 11.8 Å². The molecule has 2 rings (SSSR count). The summed E-state index contributed by atoms with van der Waals surface area (Å²) in [4.78, 5) is 25.3. The molecular formula is C14H19NO3S. The van der Waals surface area contributed by atoms with E-state index in [9.17, 15) is 14.7 Å². The highest BCUT2D eigenvalue weighted by Gasteiger charge is 2.42. The number of nitrogens with zero attached hydrogens (tertiary/aromatic N) is 1. The predicted molar refractivity (Wildman–Crippen MR) is 73.8 cm³/mol. The van der Waals surface area contributed by atoms with Crippen molar-refractivity contribution in [3.63, 3.8) is 0 Å². The molecule has 1 N–H and O–H groups in total. The molecule has 3 unspecified atom stereocenters. The van der Waals surface area contributed by atoms with Crippen molar-refractivity contribution in [2.24, 2.45) is 17.8 Å². The number of amides is 1. The summed E-state index contributed by atoms with van der Waals surface area (Å²) in [6, 6.07) is 1.99. The molecule has 104 valence electrons. The van der Waals surface area contributed by atoms with E-state index in [0.29, 0.717) is 25.3 Å². The highest BCUT2D eigenvalue weighted by atomic mass is 32.1. The van der Waals surface area contributed by atoms with Gasteiger partial charge in [-0.25, -0.2) is 0 Å². The van der Waals surface area contributed by atoms with Crippen LogP contribution >= 0.6 is 11.3 Å². The lowest BCUT2D eigenvalue weighted by molar-refractivity contribution is -0.148. The Bertz CT molecular complexity index is 457. The molecule has 1 fully saturated rings. The van der Waals surface area contributed by atoms with Crippen LogP contribution in [0.1, 0.15) is 25.3 Å². The lowest BCUT2D eigenvalue weighted by Crippen LogP contribution is -2.36. The lowest BCUT2D eigenvalue weighted by atomic mass is 9.95. The minimum absolute atomic E-state index is 0.0389. The molecule has 1 aromatic rings. The Labute approximate surface area is 117 Å². The summed E-state index contributed by atoms with van der Waals surface area (Å²) in [6.45, 7) is 2.57. The zero-order valence-electron chi connectivity index (χ0n) is 11.2. The first kappa shape index (κ1) is 14.1. The van der Waals surface area contributed by atoms with Crippen molar-refractivity contribution in [2.75, 3.05) is 7.05 Å². The van der Waals surface area contributed by atoms with Crippen LogP contribution in [0.15, 0.2) is 16.8 Å². The fraction of sp³-hybridized carbons (Fsp3) is 0.571. The van der Waals surface area contributed by atoms with Gasteiger partial charge in [-0.15, -0.1) is 0 Å². The largest absolute Gasteiger partial charge is 0.481 e. The van der Waals surface area contributed by atoms with E-state index < -0.39 is 11.9 Å². The van der Waals surface area contributed by atoms with Gasteiger partial charge in [-0.2, -0.15) is 11.3 Å². The first-order chi connectivity index (χ1) is 8.99. The summed E-state index contributed by atoms with van der Waals surface area (Å²) in [5.41, 5.74) is 1.10. The summed E-state index contributed by atoms with van der Waals surface area (Å²) in [7, 11) is 1.75. The van der Waals surface area contributed by atoms with Crippen LogP contribution < -0.4 is 0 Å². The van der Waals surface area contributed by atoms with E-state index in [1.54, 1.807) is 23.3 Å². The quantitative estimate of drug-likeness (QED) is 0.922. The van der Waals surface area contributed by atoms with Gasteiger partial charge >= 0.3 is 5.97 Å². The zero-order chi connectivity index (χ0) is 14.0. The highest BCUT2D eigenvalue weighted by Crippen LogP contribution is 2.37. The van der Waals surface area contributed by atoms with Crippen LogP contribution in [0.2, 0.25) is 0 Å². The number of carbonyl (C=O) groups excluding carboxylic acids is 1. The lowest BCUT2D eigenvalue weighted by Gasteiger charge is -2.23. The van der Waals surface area contributed by atoms with Gasteiger partial charge in [0.2, 0.25) is 5.91 Å². The molecule has 1 amide bonds. The smallest absolute Gasteiger partial charge is 0.307 e. The summed E-state index contributed by atoms with van der Waals surface area (Å²) < 4.78 is 0. The molecule has 0 radical (unpaired) electrons. The number of hydrogen-bond donors (Lipinski definition) is 1. The van der Waals surface area contributed by atoms with E-state index in [2.05, 4.69) is 0 Å². The molecule has 1 aliphatic rings. The van der Waals surface area contributed by atoms with Crippen LogP contribution in [0, 0.1) is 17.8 Å². The summed E-state index contributed by atoms with van der Waals surface area (Å²) >= 11 is 1.60. The highest BCUT2D eigenvalue weighted by molar-refractivity contribution is 7.07. The van der Waals surface area contributed by atoms with Crippen LogP contribution in [-0.4, -0.2) is 28.9 Å². The average Bonchev–Trinajstić information content (AvgIpc) is 2.97. The second kappa shape index (κ2) is 5.74. The van der Waals surface area contributed by atoms with Crippen LogP contribution in [0.4, 0.5) is 0 Å². The number of hydrogen-bond acceptors (Lipinski definition) is 3. The molecule has 0 aromatic carbocycles. The van der Waals surface area contributed by atoms with E-state index in [1.807, 2.05) is 23.8 Å². The zero-order valence-corrected chi connectivity index (χ0v) is 12.0. The van der Waals surface area contributed by atoms with E-state index in [-0.39, 0.29) is 11.8 Å². The molecule has 0 saturated heterocycles. The van der Waals surface area contributed by atoms with Crippen LogP contribution in [0.5, 0.6) is 0 Å². The van der Waals surface area contributed by atoms with E-state index >= 15 is 0 Å². The molecule has 1 heterocycles. The van der Waals surface area contributed by atoms with Gasteiger partial charge in [-0.05, 0) is 41.1 Å². The van der Waals surface area contributed by atoms with Crippen molar-refractivity contribution >= 4 is 23.2 Å². The third-order valence-corrected chi connectivity index (χ3v) is 4.54. The van der Waals surface area contributed by atoms with Gasteiger partial charge in [0.15, 0.2) is 0 Å². The molecule has 3 atom stereocenters. The first-order valence-corrected chi connectivity index (χ1v) is 7.42. The Kier molecular flexibility index (Phi) is 4.24. The number of aliphatic carboxylic acids is 1. The Morgan fingerprint density at radius 3 is 2.68 bits per heavy atom. The van der Waals surface area contributed by atoms with E-state index in [0.717, 1.165) is 5.56 Å². The number of thiophene rings is 1. The van der Waals surface area contributed by atoms with Crippen molar-refractivity contribution in [3.05, 3.63) is 22.4 Å². The fourth-order valence-electron chi connectivity index (χ4n) is 2.86. The monoisotopic (exact) mass is 281 g/mol. The van der Waals surface area contributed by atoms with Crippen molar-refractivity contribution in [3.8, 4) is 0 Å². The maximum atomic E-state index is 12.4. The summed E-state index contributed by atoms with van der Waals surface area (Å²) in [6.07, 6.45) is 1.29. The molecular weight excluding hydrogens is 262 g/mol. The third kappa shape index (κ3) is 3.15. The van der Waals surface area contributed by atoms with Crippen molar-refractivity contribution in [2.45, 2.75) is 26.3 Å². The molecule has 4 nitrogen and oxygen atoms in total. The number of carbonyl (C=O) groups is 2. The van der Waals surface area contributed by atoms with Crippen LogP contribution in [-0.2, 0) is 16.1 Å². The molecule has 0 aliphatic heterocycles. The Balaban J connectivity index is 2.03. The molecule has 0 spiro atoms. The molecule has 1 saturated carbocycles. The van der Waals surface area contributed by atoms with Crippen molar-refractivity contribution < 1.29 is 14.7 Å². The second-order valence-corrected chi connectivity index (χ2v) is 6.23. The second-order valence-electron chi connectivity index (χ2n) is 5.45. The van der Waals surface area contributed by atoms with Crippen molar-refractivity contribution in [1.29, 1.82) is 0 Å². The normalized spacial score (nSPS) is 26.3. The van der Waals surface area contributed by atoms with E-state index in [1.165, 1.54) is 0 Å². The maximum Gasteiger partial charge on any atom is 0.307 e. The van der Waals surface area contributed by atoms with Crippen LogP contribution in [0.3, 0.4) is 0 Å². The molecule has 19 heavy (non-hydrogen) atoms. The summed E-state index contributed by atoms with van der Waals surface area (Å²) in [5.74, 6) is -1.46. The Morgan fingerprint density at radius 1 is 1.42 bits per heavy atom. The number of rotatable bonds is 4. The summed E-state index contributed by atoms with van der Waals surface area (Å²) in [5, 5.41) is 13.2. The number of carboxylic acids is 1. The van der Waals surface area contributed by atoms with Crippen molar-refractivity contribution in [1.82, 2.24) is 4.90 Å². The van der Waals surface area contributed by atoms with Gasteiger partial charge < -0.3 is 10.0 Å². The third-order valence-electron chi connectivity index (χ3n) is 3.81. The van der Waals surface area contributed by atoms with Gasteiger partial charge in [0.1, 0.15) is 0 Å². The SMILES string of the molecule is CC1CC(C(=O)O)C(C(=O)N(C)Cc2ccsc2)C1. The molecule has 5 heteroatoms. The van der Waals surface area contributed by atoms with Gasteiger partial charge in [0.25, 0.3) is 0 Å². The van der Waals surface area contributed by atoms with Gasteiger partial charge in [-0.1, -0.05) is 6.92 Å². The fourth-order valence-corrected chi connectivity index (χ4v) is 3.51. The topological polar surface area (TPSA) is 57.6 Å². The standard InChI is InChI=1S/C14H19NO3S/c1-9-5-11(12(6-9)14(17)18)13(16)15(2)7-10-3-4-19-8-10/h3-4,8-9,11-12H,5-7H2,1-2H3,(H,17,18). The molecule has 0 bridgehead atoms. The predicted octanol–water partition coefficient (Wildman–Crippen LogP) is 2.45. The molecule has 1 aliphatic carbocycles. The Hall–Kier alpha value is -1.36. The Morgan fingerprint density at radius 2 is 2.11 bits per heavy atom. The minimum atomic E-state index is -0.841. The van der Waals surface area contributed by atoms with E-state index in [4.69, 9.17) is 0 Å². The number of carboxylic acid groups (broad SMARTS) is 1. The maximum absolute atomic E-state index is 12.4. The van der Waals surface area contributed by atoms with Gasteiger partial charge in [-0.3, -0.25) is 9.59 Å².